The standard InChI is InChI=1S/C20H27N3O2/c1-4-21-20(23-15(3)18-7-5-14(2)25-18)22-11-9-16-6-8-19-17(13-16)10-12-24-19/h5-8,13,15H,4,9-12H2,1-3H3,(H2,21,22,23). The van der Waals surface area contributed by atoms with Gasteiger partial charge in [-0.3, -0.25) is 4.99 Å². The normalized spacial score (nSPS) is 14.8. The first-order valence-electron chi connectivity index (χ1n) is 9.01. The Balaban J connectivity index is 1.58. The first-order chi connectivity index (χ1) is 12.2. The van der Waals surface area contributed by atoms with Crippen molar-refractivity contribution in [3.05, 3.63) is 53.0 Å². The van der Waals surface area contributed by atoms with E-state index in [-0.39, 0.29) is 6.04 Å². The summed E-state index contributed by atoms with van der Waals surface area (Å²) in [6.45, 7) is 8.46. The number of aliphatic imine (C=N–C) groups is 1. The number of furan rings is 1. The van der Waals surface area contributed by atoms with E-state index in [0.29, 0.717) is 0 Å². The molecule has 1 unspecified atom stereocenters. The molecule has 0 radical (unpaired) electrons. The first kappa shape index (κ1) is 17.4. The molecule has 3 rings (SSSR count). The fraction of sp³-hybridized carbons (Fsp3) is 0.450. The van der Waals surface area contributed by atoms with E-state index in [9.17, 15) is 0 Å². The van der Waals surface area contributed by atoms with Crippen molar-refractivity contribution in [3.63, 3.8) is 0 Å². The molecule has 25 heavy (non-hydrogen) atoms. The molecule has 1 atom stereocenters. The lowest BCUT2D eigenvalue weighted by Gasteiger charge is -2.16. The van der Waals surface area contributed by atoms with E-state index in [1.807, 2.05) is 19.1 Å². The Hall–Kier alpha value is -2.43. The highest BCUT2D eigenvalue weighted by atomic mass is 16.5. The summed E-state index contributed by atoms with van der Waals surface area (Å²) >= 11 is 0. The van der Waals surface area contributed by atoms with Gasteiger partial charge in [0.2, 0.25) is 0 Å². The number of hydrogen-bond donors (Lipinski definition) is 2. The maximum atomic E-state index is 5.68. The number of nitrogens with zero attached hydrogens (tertiary/aromatic N) is 1. The first-order valence-corrected chi connectivity index (χ1v) is 9.01. The molecular formula is C20H27N3O2. The zero-order chi connectivity index (χ0) is 17.6. The lowest BCUT2D eigenvalue weighted by Crippen LogP contribution is -2.38. The Morgan fingerprint density at radius 3 is 2.92 bits per heavy atom. The smallest absolute Gasteiger partial charge is 0.191 e. The van der Waals surface area contributed by atoms with Gasteiger partial charge in [-0.2, -0.15) is 0 Å². The lowest BCUT2D eigenvalue weighted by molar-refractivity contribution is 0.357. The topological polar surface area (TPSA) is 58.8 Å². The maximum Gasteiger partial charge on any atom is 0.191 e. The molecule has 0 amide bonds. The molecule has 5 heteroatoms. The third kappa shape index (κ3) is 4.56. The number of guanidine groups is 1. The van der Waals surface area contributed by atoms with Gasteiger partial charge < -0.3 is 19.8 Å². The number of rotatable bonds is 6. The van der Waals surface area contributed by atoms with Crippen LogP contribution in [0.25, 0.3) is 0 Å². The van der Waals surface area contributed by atoms with Gasteiger partial charge in [0, 0.05) is 19.5 Å². The molecule has 1 aliphatic rings. The average molecular weight is 341 g/mol. The van der Waals surface area contributed by atoms with E-state index in [2.05, 4.69) is 42.7 Å². The van der Waals surface area contributed by atoms with Crippen molar-refractivity contribution in [2.24, 2.45) is 4.99 Å². The quantitative estimate of drug-likeness (QED) is 0.625. The molecule has 2 heterocycles. The highest BCUT2D eigenvalue weighted by molar-refractivity contribution is 5.80. The van der Waals surface area contributed by atoms with Crippen LogP contribution in [0.2, 0.25) is 0 Å². The summed E-state index contributed by atoms with van der Waals surface area (Å²) in [5.41, 5.74) is 2.62. The zero-order valence-corrected chi connectivity index (χ0v) is 15.3. The van der Waals surface area contributed by atoms with Gasteiger partial charge in [-0.1, -0.05) is 12.1 Å². The minimum absolute atomic E-state index is 0.0728. The highest BCUT2D eigenvalue weighted by Gasteiger charge is 2.13. The summed E-state index contributed by atoms with van der Waals surface area (Å²) in [6, 6.07) is 10.5. The van der Waals surface area contributed by atoms with Gasteiger partial charge >= 0.3 is 0 Å². The van der Waals surface area contributed by atoms with Crippen LogP contribution in [0.4, 0.5) is 0 Å². The molecule has 1 aliphatic heterocycles. The summed E-state index contributed by atoms with van der Waals surface area (Å²) in [5, 5.41) is 6.70. The van der Waals surface area contributed by atoms with Gasteiger partial charge in [-0.15, -0.1) is 0 Å². The zero-order valence-electron chi connectivity index (χ0n) is 15.3. The minimum Gasteiger partial charge on any atom is -0.493 e. The number of fused-ring (bicyclic) bond motifs is 1. The number of aryl methyl sites for hydroxylation is 1. The van der Waals surface area contributed by atoms with E-state index in [0.717, 1.165) is 55.8 Å². The van der Waals surface area contributed by atoms with Gasteiger partial charge in [0.25, 0.3) is 0 Å². The molecule has 0 saturated heterocycles. The second-order valence-electron chi connectivity index (χ2n) is 6.37. The fourth-order valence-electron chi connectivity index (χ4n) is 2.97. The van der Waals surface area contributed by atoms with Crippen LogP contribution in [-0.4, -0.2) is 25.7 Å². The van der Waals surface area contributed by atoms with Crippen LogP contribution in [0, 0.1) is 6.92 Å². The predicted molar refractivity (Wildman–Crippen MR) is 100 cm³/mol. The molecule has 2 aromatic rings. The second kappa shape index (κ2) is 8.10. The summed E-state index contributed by atoms with van der Waals surface area (Å²) in [4.78, 5) is 4.70. The molecule has 2 N–H and O–H groups in total. The van der Waals surface area contributed by atoms with Crippen molar-refractivity contribution >= 4 is 5.96 Å². The van der Waals surface area contributed by atoms with Crippen molar-refractivity contribution in [2.75, 3.05) is 19.7 Å². The molecule has 0 saturated carbocycles. The summed E-state index contributed by atoms with van der Waals surface area (Å²) in [6.07, 6.45) is 1.93. The summed E-state index contributed by atoms with van der Waals surface area (Å²) < 4.78 is 11.2. The monoisotopic (exact) mass is 341 g/mol. The number of benzene rings is 1. The molecular weight excluding hydrogens is 314 g/mol. The largest absolute Gasteiger partial charge is 0.493 e. The third-order valence-corrected chi connectivity index (χ3v) is 4.31. The van der Waals surface area contributed by atoms with E-state index in [1.165, 1.54) is 11.1 Å². The number of hydrogen-bond acceptors (Lipinski definition) is 3. The van der Waals surface area contributed by atoms with Gasteiger partial charge in [-0.05, 0) is 56.5 Å². The number of nitrogens with one attached hydrogen (secondary N) is 2. The average Bonchev–Trinajstić information content (AvgIpc) is 3.23. The van der Waals surface area contributed by atoms with Crippen LogP contribution in [0.5, 0.6) is 5.75 Å². The van der Waals surface area contributed by atoms with Crippen molar-refractivity contribution in [1.82, 2.24) is 10.6 Å². The van der Waals surface area contributed by atoms with Crippen LogP contribution in [0.1, 0.15) is 42.5 Å². The van der Waals surface area contributed by atoms with Gasteiger partial charge in [-0.25, -0.2) is 0 Å². The van der Waals surface area contributed by atoms with Crippen LogP contribution in [-0.2, 0) is 12.8 Å². The van der Waals surface area contributed by atoms with Crippen LogP contribution in [0.15, 0.2) is 39.7 Å². The van der Waals surface area contributed by atoms with E-state index >= 15 is 0 Å². The molecule has 0 aliphatic carbocycles. The molecule has 5 nitrogen and oxygen atoms in total. The number of ether oxygens (including phenoxy) is 1. The summed E-state index contributed by atoms with van der Waals surface area (Å²) in [5.74, 6) is 3.69. The lowest BCUT2D eigenvalue weighted by atomic mass is 10.1. The Labute approximate surface area is 149 Å². The van der Waals surface area contributed by atoms with Crippen molar-refractivity contribution in [2.45, 2.75) is 39.7 Å². The Kier molecular flexibility index (Phi) is 5.64. The summed E-state index contributed by atoms with van der Waals surface area (Å²) in [7, 11) is 0. The maximum absolute atomic E-state index is 5.68. The molecule has 0 spiro atoms. The van der Waals surface area contributed by atoms with Gasteiger partial charge in [0.15, 0.2) is 5.96 Å². The molecule has 134 valence electrons. The molecule has 0 fully saturated rings. The van der Waals surface area contributed by atoms with E-state index < -0.39 is 0 Å². The fourth-order valence-corrected chi connectivity index (χ4v) is 2.97. The Morgan fingerprint density at radius 1 is 1.28 bits per heavy atom. The van der Waals surface area contributed by atoms with E-state index in [1.54, 1.807) is 0 Å². The highest BCUT2D eigenvalue weighted by Crippen LogP contribution is 2.26. The molecule has 0 bridgehead atoms. The van der Waals surface area contributed by atoms with Crippen molar-refractivity contribution in [3.8, 4) is 5.75 Å². The van der Waals surface area contributed by atoms with Gasteiger partial charge in [0.05, 0.1) is 12.6 Å². The van der Waals surface area contributed by atoms with Gasteiger partial charge in [0.1, 0.15) is 17.3 Å². The van der Waals surface area contributed by atoms with Crippen LogP contribution in [0.3, 0.4) is 0 Å². The Bertz CT molecular complexity index is 736. The van der Waals surface area contributed by atoms with Crippen molar-refractivity contribution < 1.29 is 9.15 Å². The van der Waals surface area contributed by atoms with Crippen molar-refractivity contribution in [1.29, 1.82) is 0 Å². The second-order valence-corrected chi connectivity index (χ2v) is 6.37. The SMILES string of the molecule is CCNC(=NCCc1ccc2c(c1)CCO2)NC(C)c1ccc(C)o1. The third-order valence-electron chi connectivity index (χ3n) is 4.31. The van der Waals surface area contributed by atoms with Crippen LogP contribution >= 0.6 is 0 Å². The molecule has 1 aromatic carbocycles. The van der Waals surface area contributed by atoms with E-state index in [4.69, 9.17) is 14.1 Å². The Morgan fingerprint density at radius 2 is 2.16 bits per heavy atom. The van der Waals surface area contributed by atoms with Crippen LogP contribution < -0.4 is 15.4 Å². The molecule has 1 aromatic heterocycles. The minimum atomic E-state index is 0.0728. The predicted octanol–water partition coefficient (Wildman–Crippen LogP) is 3.38.